The van der Waals surface area contributed by atoms with Crippen LogP contribution in [0.1, 0.15) is 19.8 Å². The molecular weight excluding hydrogens is 264 g/mol. The second-order valence-electron chi connectivity index (χ2n) is 5.01. The molecule has 0 bridgehead atoms. The second kappa shape index (κ2) is 6.43. The van der Waals surface area contributed by atoms with Gasteiger partial charge in [0.2, 0.25) is 0 Å². The summed E-state index contributed by atoms with van der Waals surface area (Å²) in [6, 6.07) is 8.08. The maximum atomic E-state index is 5.79. The van der Waals surface area contributed by atoms with Crippen molar-refractivity contribution in [2.24, 2.45) is 0 Å². The lowest BCUT2D eigenvalue weighted by atomic mass is 10.2. The second-order valence-corrected chi connectivity index (χ2v) is 5.01. The van der Waals surface area contributed by atoms with Gasteiger partial charge in [0.15, 0.2) is 5.82 Å². The van der Waals surface area contributed by atoms with Crippen LogP contribution in [-0.4, -0.2) is 29.7 Å². The summed E-state index contributed by atoms with van der Waals surface area (Å²) in [7, 11) is 0. The molecule has 0 fully saturated rings. The summed E-state index contributed by atoms with van der Waals surface area (Å²) in [5.74, 6) is 2.58. The zero-order valence-electron chi connectivity index (χ0n) is 12.2. The van der Waals surface area contributed by atoms with Gasteiger partial charge < -0.3 is 15.0 Å². The lowest BCUT2D eigenvalue weighted by Gasteiger charge is -2.22. The third-order valence-corrected chi connectivity index (χ3v) is 3.39. The van der Waals surface area contributed by atoms with Crippen molar-refractivity contribution in [1.82, 2.24) is 9.97 Å². The number of nitrogens with one attached hydrogen (secondary N) is 1. The Morgan fingerprint density at radius 1 is 1.29 bits per heavy atom. The van der Waals surface area contributed by atoms with Crippen molar-refractivity contribution in [1.29, 1.82) is 0 Å². The summed E-state index contributed by atoms with van der Waals surface area (Å²) < 4.78 is 5.79. The number of ether oxygens (including phenoxy) is 1. The molecule has 110 valence electrons. The molecule has 21 heavy (non-hydrogen) atoms. The fourth-order valence-electron chi connectivity index (χ4n) is 2.39. The predicted octanol–water partition coefficient (Wildman–Crippen LogP) is 3.22. The first-order valence-corrected chi connectivity index (χ1v) is 7.44. The molecule has 0 unspecified atom stereocenters. The summed E-state index contributed by atoms with van der Waals surface area (Å²) >= 11 is 0. The normalized spacial score (nSPS) is 14.0. The van der Waals surface area contributed by atoms with Crippen LogP contribution in [0, 0.1) is 0 Å². The van der Waals surface area contributed by atoms with E-state index in [1.165, 1.54) is 0 Å². The first-order valence-electron chi connectivity index (χ1n) is 7.44. The molecule has 5 nitrogen and oxygen atoms in total. The molecular formula is C16H20N4O. The molecule has 0 spiro atoms. The Bertz CT molecular complexity index is 602. The number of anilines is 3. The first-order chi connectivity index (χ1) is 10.4. The van der Waals surface area contributed by atoms with Gasteiger partial charge in [-0.25, -0.2) is 4.98 Å². The van der Waals surface area contributed by atoms with Gasteiger partial charge in [0.1, 0.15) is 11.6 Å². The van der Waals surface area contributed by atoms with E-state index >= 15 is 0 Å². The van der Waals surface area contributed by atoms with E-state index in [1.807, 2.05) is 18.2 Å². The van der Waals surface area contributed by atoms with Crippen molar-refractivity contribution in [3.63, 3.8) is 0 Å². The van der Waals surface area contributed by atoms with Gasteiger partial charge in [0.25, 0.3) is 0 Å². The van der Waals surface area contributed by atoms with Gasteiger partial charge in [-0.15, -0.1) is 0 Å². The monoisotopic (exact) mass is 284 g/mol. The number of hydrogen-bond donors (Lipinski definition) is 1. The summed E-state index contributed by atoms with van der Waals surface area (Å²) in [5, 5.41) is 3.28. The van der Waals surface area contributed by atoms with E-state index < -0.39 is 0 Å². The van der Waals surface area contributed by atoms with E-state index in [9.17, 15) is 0 Å². The Labute approximate surface area is 125 Å². The maximum absolute atomic E-state index is 5.79. The number of hydrogen-bond acceptors (Lipinski definition) is 5. The van der Waals surface area contributed by atoms with Crippen molar-refractivity contribution in [3.05, 3.63) is 36.7 Å². The summed E-state index contributed by atoms with van der Waals surface area (Å²) in [5.41, 5.74) is 1.05. The zero-order chi connectivity index (χ0) is 14.5. The average molecular weight is 284 g/mol. The molecule has 1 aliphatic heterocycles. The quantitative estimate of drug-likeness (QED) is 0.934. The van der Waals surface area contributed by atoms with Gasteiger partial charge >= 0.3 is 0 Å². The van der Waals surface area contributed by atoms with Gasteiger partial charge in [-0.3, -0.25) is 4.98 Å². The molecule has 2 aromatic rings. The van der Waals surface area contributed by atoms with Crippen LogP contribution in [0.3, 0.4) is 0 Å². The molecule has 0 saturated heterocycles. The molecule has 3 rings (SSSR count). The molecule has 2 heterocycles. The zero-order valence-corrected chi connectivity index (χ0v) is 12.2. The largest absolute Gasteiger partial charge is 0.491 e. The summed E-state index contributed by atoms with van der Waals surface area (Å²) in [6.07, 6.45) is 5.59. The molecule has 1 aromatic carbocycles. The molecule has 0 aliphatic carbocycles. The predicted molar refractivity (Wildman–Crippen MR) is 84.4 cm³/mol. The van der Waals surface area contributed by atoms with Crippen LogP contribution in [0.25, 0.3) is 0 Å². The maximum Gasteiger partial charge on any atom is 0.154 e. The Balaban J connectivity index is 1.92. The fourth-order valence-corrected chi connectivity index (χ4v) is 2.39. The summed E-state index contributed by atoms with van der Waals surface area (Å²) in [4.78, 5) is 11.2. The van der Waals surface area contributed by atoms with Crippen molar-refractivity contribution < 1.29 is 4.74 Å². The van der Waals surface area contributed by atoms with Gasteiger partial charge in [0.05, 0.1) is 24.7 Å². The van der Waals surface area contributed by atoms with Crippen LogP contribution < -0.4 is 15.0 Å². The molecule has 1 N–H and O–H groups in total. The van der Waals surface area contributed by atoms with E-state index in [0.717, 1.165) is 55.6 Å². The minimum atomic E-state index is 0.731. The number of para-hydroxylation sites is 2. The number of aromatic nitrogens is 2. The Kier molecular flexibility index (Phi) is 4.19. The summed E-state index contributed by atoms with van der Waals surface area (Å²) in [6.45, 7) is 4.64. The smallest absolute Gasteiger partial charge is 0.154 e. The van der Waals surface area contributed by atoms with Gasteiger partial charge in [-0.2, -0.15) is 0 Å². The standard InChI is InChI=1S/C16H20N4O/c1-2-8-18-15-11-17-12-16(19-15)20-9-5-10-21-14-7-4-3-6-13(14)20/h3-4,6-7,11-12H,2,5,8-10H2,1H3,(H,18,19). The lowest BCUT2D eigenvalue weighted by Crippen LogP contribution is -2.19. The van der Waals surface area contributed by atoms with Crippen LogP contribution >= 0.6 is 0 Å². The van der Waals surface area contributed by atoms with E-state index in [4.69, 9.17) is 4.74 Å². The molecule has 0 radical (unpaired) electrons. The third-order valence-electron chi connectivity index (χ3n) is 3.39. The highest BCUT2D eigenvalue weighted by Crippen LogP contribution is 2.34. The Hall–Kier alpha value is -2.30. The van der Waals surface area contributed by atoms with Crippen molar-refractivity contribution in [2.45, 2.75) is 19.8 Å². The molecule has 0 atom stereocenters. The SMILES string of the molecule is CCCNc1cncc(N2CCCOc3ccccc32)n1. The Morgan fingerprint density at radius 2 is 2.19 bits per heavy atom. The fraction of sp³-hybridized carbons (Fsp3) is 0.375. The number of rotatable bonds is 4. The third kappa shape index (κ3) is 3.07. The van der Waals surface area contributed by atoms with E-state index in [-0.39, 0.29) is 0 Å². The molecule has 1 aliphatic rings. The minimum Gasteiger partial charge on any atom is -0.491 e. The van der Waals surface area contributed by atoms with Crippen molar-refractivity contribution in [2.75, 3.05) is 29.9 Å². The van der Waals surface area contributed by atoms with Crippen molar-refractivity contribution in [3.8, 4) is 5.75 Å². The van der Waals surface area contributed by atoms with Crippen LogP contribution in [0.4, 0.5) is 17.3 Å². The molecule has 0 amide bonds. The number of fused-ring (bicyclic) bond motifs is 1. The number of benzene rings is 1. The first kappa shape index (κ1) is 13.7. The van der Waals surface area contributed by atoms with Crippen LogP contribution in [-0.2, 0) is 0 Å². The highest BCUT2D eigenvalue weighted by Gasteiger charge is 2.18. The molecule has 5 heteroatoms. The van der Waals surface area contributed by atoms with Gasteiger partial charge in [0, 0.05) is 13.1 Å². The Morgan fingerprint density at radius 3 is 3.10 bits per heavy atom. The van der Waals surface area contributed by atoms with E-state index in [2.05, 4.69) is 33.2 Å². The van der Waals surface area contributed by atoms with Crippen LogP contribution in [0.2, 0.25) is 0 Å². The van der Waals surface area contributed by atoms with Gasteiger partial charge in [-0.05, 0) is 25.0 Å². The minimum absolute atomic E-state index is 0.731. The van der Waals surface area contributed by atoms with E-state index in [1.54, 1.807) is 12.4 Å². The van der Waals surface area contributed by atoms with Crippen LogP contribution in [0.5, 0.6) is 5.75 Å². The van der Waals surface area contributed by atoms with Crippen LogP contribution in [0.15, 0.2) is 36.7 Å². The topological polar surface area (TPSA) is 50.3 Å². The van der Waals surface area contributed by atoms with Gasteiger partial charge in [-0.1, -0.05) is 19.1 Å². The van der Waals surface area contributed by atoms with E-state index in [0.29, 0.717) is 0 Å². The highest BCUT2D eigenvalue weighted by atomic mass is 16.5. The highest BCUT2D eigenvalue weighted by molar-refractivity contribution is 5.67. The average Bonchev–Trinajstić information content (AvgIpc) is 2.75. The van der Waals surface area contributed by atoms with Crippen molar-refractivity contribution >= 4 is 17.3 Å². The molecule has 1 aromatic heterocycles. The number of nitrogens with zero attached hydrogens (tertiary/aromatic N) is 3. The lowest BCUT2D eigenvalue weighted by molar-refractivity contribution is 0.322. The molecule has 0 saturated carbocycles.